The van der Waals surface area contributed by atoms with E-state index < -0.39 is 11.1 Å². The van der Waals surface area contributed by atoms with E-state index in [4.69, 9.17) is 0 Å². The highest BCUT2D eigenvalue weighted by molar-refractivity contribution is 5.91. The third-order valence-electron chi connectivity index (χ3n) is 11.7. The van der Waals surface area contributed by atoms with Gasteiger partial charge in [-0.15, -0.1) is 0 Å². The third-order valence-corrected chi connectivity index (χ3v) is 11.7. The lowest BCUT2D eigenvalue weighted by molar-refractivity contribution is -0.140. The van der Waals surface area contributed by atoms with E-state index >= 15 is 0 Å². The van der Waals surface area contributed by atoms with E-state index in [1.54, 1.807) is 0 Å². The van der Waals surface area contributed by atoms with Crippen LogP contribution in [0.25, 0.3) is 0 Å². The molecule has 2 aromatic rings. The maximum atomic E-state index is 13.9. The van der Waals surface area contributed by atoms with Gasteiger partial charge in [0.25, 0.3) is 0 Å². The smallest absolute Gasteiger partial charge is 0.157 e. The summed E-state index contributed by atoms with van der Waals surface area (Å²) in [6.45, 7) is 9.09. The number of hydrogen-bond acceptors (Lipinski definition) is 4. The second-order valence-corrected chi connectivity index (χ2v) is 14.3. The number of Topliss-reactive ketones (excluding diaryl/α,β-unsaturated/α-hetero) is 2. The molecule has 2 aliphatic heterocycles. The van der Waals surface area contributed by atoms with Gasteiger partial charge in [-0.25, -0.2) is 0 Å². The zero-order valence-electron chi connectivity index (χ0n) is 26.3. The Kier molecular flexibility index (Phi) is 8.76. The molecule has 2 aromatic carbocycles. The predicted molar refractivity (Wildman–Crippen MR) is 170 cm³/mol. The fourth-order valence-corrected chi connectivity index (χ4v) is 9.56. The molecule has 2 heterocycles. The number of nitrogens with zero attached hydrogens (tertiary/aromatic N) is 2. The minimum atomic E-state index is -0.487. The van der Waals surface area contributed by atoms with Crippen molar-refractivity contribution in [3.05, 3.63) is 71.3 Å². The molecule has 2 aliphatic carbocycles. The van der Waals surface area contributed by atoms with E-state index in [0.717, 1.165) is 70.4 Å². The van der Waals surface area contributed by atoms with Gasteiger partial charge in [0.15, 0.2) is 11.6 Å². The molecule has 0 bridgehead atoms. The summed E-state index contributed by atoms with van der Waals surface area (Å²) in [5.41, 5.74) is 2.82. The fourth-order valence-electron chi connectivity index (χ4n) is 9.56. The van der Waals surface area contributed by atoms with Crippen LogP contribution in [-0.2, 0) is 27.1 Å². The minimum Gasteiger partial charge on any atom is -0.297 e. The van der Waals surface area contributed by atoms with Crippen LogP contribution in [0.2, 0.25) is 0 Å². The Hall–Kier alpha value is -2.30. The summed E-state index contributed by atoms with van der Waals surface area (Å²) in [5.74, 6) is 2.06. The molecule has 0 amide bonds. The van der Waals surface area contributed by atoms with Crippen molar-refractivity contribution in [2.24, 2.45) is 11.8 Å². The molecular weight excluding hydrogens is 516 g/mol. The van der Waals surface area contributed by atoms with Crippen LogP contribution in [0.1, 0.15) is 115 Å². The molecule has 0 radical (unpaired) electrons. The van der Waals surface area contributed by atoms with Gasteiger partial charge in [0.2, 0.25) is 0 Å². The lowest BCUT2D eigenvalue weighted by Crippen LogP contribution is -2.60. The third kappa shape index (κ3) is 5.21. The average molecular weight is 569 g/mol. The van der Waals surface area contributed by atoms with Crippen molar-refractivity contribution in [1.82, 2.24) is 9.80 Å². The topological polar surface area (TPSA) is 40.6 Å². The summed E-state index contributed by atoms with van der Waals surface area (Å²) in [4.78, 5) is 33.0. The summed E-state index contributed by atoms with van der Waals surface area (Å²) in [6, 6.07) is 20.5. The Labute approximate surface area is 254 Å². The van der Waals surface area contributed by atoms with Crippen LogP contribution in [0.4, 0.5) is 0 Å². The van der Waals surface area contributed by atoms with Crippen LogP contribution >= 0.6 is 0 Å². The number of hydrogen-bond donors (Lipinski definition) is 0. The van der Waals surface area contributed by atoms with Crippen LogP contribution in [-0.4, -0.2) is 46.5 Å². The van der Waals surface area contributed by atoms with Gasteiger partial charge in [0.1, 0.15) is 11.1 Å². The maximum absolute atomic E-state index is 13.9. The van der Waals surface area contributed by atoms with Gasteiger partial charge in [-0.3, -0.25) is 19.4 Å². The monoisotopic (exact) mass is 568 g/mol. The Morgan fingerprint density at radius 1 is 0.714 bits per heavy atom. The molecular formula is C38H52N2O2. The first-order valence-electron chi connectivity index (χ1n) is 17.1. The number of piperidine rings is 2. The van der Waals surface area contributed by atoms with E-state index in [-0.39, 0.29) is 0 Å². The lowest BCUT2D eigenvalue weighted by atomic mass is 9.70. The van der Waals surface area contributed by atoms with Crippen LogP contribution in [0, 0.1) is 11.8 Å². The molecule has 0 aromatic heterocycles. The Balaban J connectivity index is 1.29. The number of likely N-dealkylation sites (tertiary alicyclic amines) is 2. The summed E-state index contributed by atoms with van der Waals surface area (Å²) in [6.07, 6.45) is 13.2. The van der Waals surface area contributed by atoms with Crippen LogP contribution in [0.3, 0.4) is 0 Å². The van der Waals surface area contributed by atoms with Gasteiger partial charge in [-0.2, -0.15) is 0 Å². The molecule has 2 saturated carbocycles. The summed E-state index contributed by atoms with van der Waals surface area (Å²) in [7, 11) is 0. The first-order chi connectivity index (χ1) is 20.4. The highest BCUT2D eigenvalue weighted by Crippen LogP contribution is 2.46. The highest BCUT2D eigenvalue weighted by atomic mass is 16.1. The van der Waals surface area contributed by atoms with E-state index in [2.05, 4.69) is 85.2 Å². The van der Waals surface area contributed by atoms with Gasteiger partial charge in [0.05, 0.1) is 0 Å². The maximum Gasteiger partial charge on any atom is 0.157 e. The van der Waals surface area contributed by atoms with Crippen molar-refractivity contribution in [3.8, 4) is 0 Å². The standard InChI is InChI=1S/C38H52N2O2/c1-28-20-24-39(29(2)25-28)38(22-10-8-19-36(38)42)34-17-11-13-31(27-34)26-32-14-12-23-40(30(32)3)37(21-9-7-18-35(37)41)33-15-5-4-6-16-33/h4-6,11,13,15-17,27-30,32H,7-10,12,14,18-26H2,1-3H3. The molecule has 0 N–H and O–H groups in total. The summed E-state index contributed by atoms with van der Waals surface area (Å²) in [5, 5.41) is 0. The second-order valence-electron chi connectivity index (χ2n) is 14.3. The Bertz CT molecular complexity index is 1260. The summed E-state index contributed by atoms with van der Waals surface area (Å²) >= 11 is 0. The molecule has 6 unspecified atom stereocenters. The average Bonchev–Trinajstić information content (AvgIpc) is 3.00. The second kappa shape index (κ2) is 12.4. The normalized spacial score (nSPS) is 35.3. The number of benzene rings is 2. The molecule has 4 aliphatic rings. The molecule has 2 saturated heterocycles. The van der Waals surface area contributed by atoms with Gasteiger partial charge in [-0.05, 0) is 113 Å². The van der Waals surface area contributed by atoms with Crippen molar-refractivity contribution in [1.29, 1.82) is 0 Å². The molecule has 6 atom stereocenters. The van der Waals surface area contributed by atoms with Crippen molar-refractivity contribution in [2.45, 2.75) is 127 Å². The molecule has 6 rings (SSSR count). The first-order valence-corrected chi connectivity index (χ1v) is 17.1. The fraction of sp³-hybridized carbons (Fsp3) is 0.632. The number of rotatable bonds is 6. The van der Waals surface area contributed by atoms with Crippen LogP contribution in [0.15, 0.2) is 54.6 Å². The molecule has 4 heteroatoms. The van der Waals surface area contributed by atoms with E-state index in [0.29, 0.717) is 42.4 Å². The van der Waals surface area contributed by atoms with Crippen molar-refractivity contribution in [2.75, 3.05) is 13.1 Å². The van der Waals surface area contributed by atoms with Gasteiger partial charge >= 0.3 is 0 Å². The van der Waals surface area contributed by atoms with Crippen molar-refractivity contribution >= 4 is 11.6 Å². The van der Waals surface area contributed by atoms with E-state index in [1.807, 2.05) is 0 Å². The zero-order chi connectivity index (χ0) is 29.3. The van der Waals surface area contributed by atoms with E-state index in [1.165, 1.54) is 36.0 Å². The number of carbonyl (C=O) groups excluding carboxylic acids is 2. The van der Waals surface area contributed by atoms with Crippen LogP contribution in [0.5, 0.6) is 0 Å². The molecule has 42 heavy (non-hydrogen) atoms. The lowest BCUT2D eigenvalue weighted by Gasteiger charge is -2.52. The largest absolute Gasteiger partial charge is 0.297 e. The minimum absolute atomic E-state index is 0.318. The predicted octanol–water partition coefficient (Wildman–Crippen LogP) is 7.83. The summed E-state index contributed by atoms with van der Waals surface area (Å²) < 4.78 is 0. The Morgan fingerprint density at radius 2 is 1.38 bits per heavy atom. The van der Waals surface area contributed by atoms with Crippen LogP contribution < -0.4 is 0 Å². The molecule has 4 nitrogen and oxygen atoms in total. The van der Waals surface area contributed by atoms with Crippen molar-refractivity contribution < 1.29 is 9.59 Å². The van der Waals surface area contributed by atoms with Gasteiger partial charge in [-0.1, -0.05) is 74.4 Å². The highest BCUT2D eigenvalue weighted by Gasteiger charge is 2.51. The first kappa shape index (κ1) is 29.8. The molecule has 0 spiro atoms. The van der Waals surface area contributed by atoms with Gasteiger partial charge < -0.3 is 0 Å². The molecule has 4 fully saturated rings. The van der Waals surface area contributed by atoms with Crippen molar-refractivity contribution in [3.63, 3.8) is 0 Å². The van der Waals surface area contributed by atoms with E-state index in [9.17, 15) is 9.59 Å². The number of carbonyl (C=O) groups is 2. The molecule has 226 valence electrons. The number of ketones is 2. The Morgan fingerprint density at radius 3 is 2.05 bits per heavy atom. The quantitative estimate of drug-likeness (QED) is 0.356. The van der Waals surface area contributed by atoms with Gasteiger partial charge in [0, 0.05) is 24.9 Å². The zero-order valence-corrected chi connectivity index (χ0v) is 26.3. The SMILES string of the molecule is CC1CCN(C2(c3cccc(CC4CCCN(C5(c6ccccc6)CCCCC5=O)C4C)c3)CCCCC2=O)C(C)C1.